The van der Waals surface area contributed by atoms with Crippen LogP contribution in [0.2, 0.25) is 0 Å². The molecule has 0 unspecified atom stereocenters. The third-order valence-corrected chi connectivity index (χ3v) is 6.33. The Hall–Kier alpha value is -1.14. The lowest BCUT2D eigenvalue weighted by molar-refractivity contribution is 0.0450. The monoisotopic (exact) mass is 542 g/mol. The first-order valence-corrected chi connectivity index (χ1v) is 14.1. The Kier molecular flexibility index (Phi) is 27.7. The van der Waals surface area contributed by atoms with E-state index in [-0.39, 0.29) is 27.0 Å². The smallest absolute Gasteiger partial charge is 0.339 e. The summed E-state index contributed by atoms with van der Waals surface area (Å²) in [5.74, 6) is -0.870. The molecule has 0 atom stereocenters. The fourth-order valence-corrected chi connectivity index (χ4v) is 4.15. The Morgan fingerprint density at radius 2 is 0.778 bits per heavy atom. The van der Waals surface area contributed by atoms with Gasteiger partial charge in [-0.05, 0) is 25.0 Å². The minimum absolute atomic E-state index is 0. The van der Waals surface area contributed by atoms with Crippen molar-refractivity contribution in [3.63, 3.8) is 0 Å². The zero-order valence-corrected chi connectivity index (χ0v) is 25.1. The molecule has 36 heavy (non-hydrogen) atoms. The van der Waals surface area contributed by atoms with Crippen LogP contribution in [0.1, 0.15) is 150 Å². The molecule has 1 aromatic rings. The molecule has 0 fully saturated rings. The molecule has 0 heterocycles. The topological polar surface area (TPSA) is 52.6 Å². The lowest BCUT2D eigenvalue weighted by Gasteiger charge is -2.10. The van der Waals surface area contributed by atoms with Crippen molar-refractivity contribution in [1.82, 2.24) is 0 Å². The van der Waals surface area contributed by atoms with Crippen molar-refractivity contribution < 1.29 is 19.1 Å². The van der Waals surface area contributed by atoms with Gasteiger partial charge in [0, 0.05) is 0 Å². The molecular weight excluding hydrogens is 488 g/mol. The predicted octanol–water partition coefficient (Wildman–Crippen LogP) is 9.29. The summed E-state index contributed by atoms with van der Waals surface area (Å²) >= 11 is 0. The normalized spacial score (nSPS) is 10.3. The lowest BCUT2D eigenvalue weighted by Crippen LogP contribution is -2.15. The average molecular weight is 543 g/mol. The van der Waals surface area contributed by atoms with Crippen LogP contribution in [-0.2, 0) is 9.47 Å². The summed E-state index contributed by atoms with van der Waals surface area (Å²) in [6, 6.07) is 6.81. The van der Waals surface area contributed by atoms with Crippen LogP contribution in [0, 0.1) is 0 Å². The van der Waals surface area contributed by atoms with E-state index in [1.807, 2.05) is 0 Å². The molecule has 210 valence electrons. The fourth-order valence-electron chi connectivity index (χ4n) is 4.15. The third kappa shape index (κ3) is 19.0. The Bertz CT molecular complexity index is 597. The van der Waals surface area contributed by atoms with Gasteiger partial charge in [-0.3, -0.25) is 0 Å². The summed E-state index contributed by atoms with van der Waals surface area (Å²) in [6.45, 7) is 5.27. The van der Waals surface area contributed by atoms with Gasteiger partial charge in [-0.15, -0.1) is 0 Å². The first kappa shape index (κ1) is 37.0. The average Bonchev–Trinajstić information content (AvgIpc) is 2.86. The number of carbonyl (C=O) groups excluding carboxylic acids is 2. The minimum Gasteiger partial charge on any atom is -0.462 e. The van der Waals surface area contributed by atoms with Gasteiger partial charge >= 0.3 is 11.9 Å². The van der Waals surface area contributed by atoms with Crippen LogP contribution in [0.3, 0.4) is 0 Å². The molecule has 0 spiro atoms. The van der Waals surface area contributed by atoms with Crippen LogP contribution in [0.5, 0.6) is 0 Å². The number of carbonyl (C=O) groups is 2. The summed E-state index contributed by atoms with van der Waals surface area (Å²) < 4.78 is 10.9. The quantitative estimate of drug-likeness (QED) is 0.108. The van der Waals surface area contributed by atoms with Gasteiger partial charge in [0.05, 0.1) is 24.3 Å². The van der Waals surface area contributed by atoms with Crippen LogP contribution >= 0.6 is 27.0 Å². The molecule has 6 heteroatoms. The molecule has 0 aliphatic carbocycles. The standard InChI is InChI=1S/C30H50O4.2H2S/c1-3-5-7-9-11-13-15-17-21-25-33-29(31)27-23-19-20-24-28(27)30(32)34-26-22-18-16-14-12-10-8-6-4-2;;/h19-20,23-24H,3-18,21-22,25-26H2,1-2H3;2*1H2. The van der Waals surface area contributed by atoms with E-state index in [2.05, 4.69) is 13.8 Å². The maximum absolute atomic E-state index is 12.5. The van der Waals surface area contributed by atoms with Crippen molar-refractivity contribution in [3.05, 3.63) is 35.4 Å². The number of benzene rings is 1. The minimum atomic E-state index is -0.435. The molecule has 1 rings (SSSR count). The molecule has 0 saturated heterocycles. The molecule has 0 N–H and O–H groups in total. The van der Waals surface area contributed by atoms with Gasteiger partial charge in [0.2, 0.25) is 0 Å². The second-order valence-electron chi connectivity index (χ2n) is 9.47. The highest BCUT2D eigenvalue weighted by Crippen LogP contribution is 2.15. The van der Waals surface area contributed by atoms with Gasteiger partial charge in [-0.1, -0.05) is 129 Å². The molecule has 1 aromatic carbocycles. The second kappa shape index (κ2) is 26.9. The van der Waals surface area contributed by atoms with E-state index in [1.165, 1.54) is 89.9 Å². The number of ether oxygens (including phenoxy) is 2. The van der Waals surface area contributed by atoms with Crippen LogP contribution < -0.4 is 0 Å². The highest BCUT2D eigenvalue weighted by atomic mass is 32.1. The first-order chi connectivity index (χ1) is 16.7. The van der Waals surface area contributed by atoms with Crippen LogP contribution in [-0.4, -0.2) is 25.2 Å². The Balaban J connectivity index is 0. The molecule has 0 saturated carbocycles. The van der Waals surface area contributed by atoms with Crippen molar-refractivity contribution in [2.45, 2.75) is 129 Å². The van der Waals surface area contributed by atoms with E-state index in [0.717, 1.165) is 25.7 Å². The van der Waals surface area contributed by atoms with Crippen molar-refractivity contribution in [2.75, 3.05) is 13.2 Å². The predicted molar refractivity (Wildman–Crippen MR) is 162 cm³/mol. The second-order valence-corrected chi connectivity index (χ2v) is 9.47. The van der Waals surface area contributed by atoms with E-state index >= 15 is 0 Å². The molecule has 4 nitrogen and oxygen atoms in total. The molecule has 0 amide bonds. The van der Waals surface area contributed by atoms with Crippen molar-refractivity contribution in [3.8, 4) is 0 Å². The summed E-state index contributed by atoms with van der Waals surface area (Å²) in [7, 11) is 0. The van der Waals surface area contributed by atoms with Crippen molar-refractivity contribution in [2.24, 2.45) is 0 Å². The molecule has 0 aromatic heterocycles. The van der Waals surface area contributed by atoms with E-state index in [4.69, 9.17) is 9.47 Å². The molecular formula is C30H54O4S2. The van der Waals surface area contributed by atoms with Gasteiger partial charge in [-0.25, -0.2) is 9.59 Å². The maximum Gasteiger partial charge on any atom is 0.339 e. The first-order valence-electron chi connectivity index (χ1n) is 14.1. The highest BCUT2D eigenvalue weighted by molar-refractivity contribution is 7.59. The van der Waals surface area contributed by atoms with Crippen molar-refractivity contribution in [1.29, 1.82) is 0 Å². The Morgan fingerprint density at radius 3 is 1.08 bits per heavy atom. The highest BCUT2D eigenvalue weighted by Gasteiger charge is 2.18. The number of hydrogen-bond donors (Lipinski definition) is 0. The van der Waals surface area contributed by atoms with Crippen molar-refractivity contribution >= 4 is 38.9 Å². The third-order valence-electron chi connectivity index (χ3n) is 6.33. The maximum atomic E-state index is 12.5. The number of rotatable bonds is 22. The van der Waals surface area contributed by atoms with Gasteiger partial charge in [0.15, 0.2) is 0 Å². The summed E-state index contributed by atoms with van der Waals surface area (Å²) in [5.41, 5.74) is 0.603. The molecule has 0 aliphatic rings. The summed E-state index contributed by atoms with van der Waals surface area (Å²) in [5, 5.41) is 0. The molecule has 0 bridgehead atoms. The number of hydrogen-bond acceptors (Lipinski definition) is 4. The molecule has 0 aliphatic heterocycles. The van der Waals surface area contributed by atoms with Crippen LogP contribution in [0.4, 0.5) is 0 Å². The van der Waals surface area contributed by atoms with E-state index in [9.17, 15) is 9.59 Å². The summed E-state index contributed by atoms with van der Waals surface area (Å²) in [6.07, 6.45) is 21.9. The zero-order chi connectivity index (χ0) is 24.7. The van der Waals surface area contributed by atoms with Crippen LogP contribution in [0.15, 0.2) is 24.3 Å². The number of unbranched alkanes of at least 4 members (excludes halogenated alkanes) is 16. The fraction of sp³-hybridized carbons (Fsp3) is 0.733. The SMILES string of the molecule is CCCCCCCCCCCOC(=O)c1ccccc1C(=O)OCCCCCCCCCCC.S.S. The summed E-state index contributed by atoms with van der Waals surface area (Å²) in [4.78, 5) is 25.0. The van der Waals surface area contributed by atoms with Gasteiger partial charge in [-0.2, -0.15) is 27.0 Å². The van der Waals surface area contributed by atoms with E-state index in [0.29, 0.717) is 24.3 Å². The Morgan fingerprint density at radius 1 is 0.500 bits per heavy atom. The van der Waals surface area contributed by atoms with Gasteiger partial charge < -0.3 is 9.47 Å². The van der Waals surface area contributed by atoms with E-state index in [1.54, 1.807) is 24.3 Å². The largest absolute Gasteiger partial charge is 0.462 e. The zero-order valence-electron chi connectivity index (χ0n) is 23.1. The van der Waals surface area contributed by atoms with Crippen LogP contribution in [0.25, 0.3) is 0 Å². The molecule has 0 radical (unpaired) electrons. The lowest BCUT2D eigenvalue weighted by atomic mass is 10.1. The Labute approximate surface area is 235 Å². The van der Waals surface area contributed by atoms with Gasteiger partial charge in [0.25, 0.3) is 0 Å². The number of esters is 2. The van der Waals surface area contributed by atoms with Gasteiger partial charge in [0.1, 0.15) is 0 Å². The van der Waals surface area contributed by atoms with E-state index < -0.39 is 11.9 Å².